The van der Waals surface area contributed by atoms with Crippen LogP contribution in [0, 0.1) is 13.8 Å². The second kappa shape index (κ2) is 4.74. The number of benzene rings is 1. The van der Waals surface area contributed by atoms with Crippen LogP contribution >= 0.6 is 0 Å². The highest BCUT2D eigenvalue weighted by Gasteiger charge is 2.14. The first kappa shape index (κ1) is 11.9. The molecule has 0 radical (unpaired) electrons. The molecule has 2 rings (SSSR count). The molecule has 0 unspecified atom stereocenters. The van der Waals surface area contributed by atoms with Crippen molar-refractivity contribution in [3.63, 3.8) is 0 Å². The van der Waals surface area contributed by atoms with Gasteiger partial charge in [0.2, 0.25) is 0 Å². The Morgan fingerprint density at radius 1 is 1.29 bits per heavy atom. The van der Waals surface area contributed by atoms with Crippen LogP contribution in [0.2, 0.25) is 0 Å². The van der Waals surface area contributed by atoms with Crippen molar-refractivity contribution in [2.75, 3.05) is 0 Å². The van der Waals surface area contributed by atoms with Crippen LogP contribution in [0.15, 0.2) is 30.7 Å². The number of imidazole rings is 1. The summed E-state index contributed by atoms with van der Waals surface area (Å²) in [4.78, 5) is 4.50. The van der Waals surface area contributed by atoms with E-state index in [1.807, 2.05) is 6.33 Å². The van der Waals surface area contributed by atoms with Crippen LogP contribution < -0.4 is 0 Å². The molecule has 0 bridgehead atoms. The minimum absolute atomic E-state index is 0.364. The Kier molecular flexibility index (Phi) is 3.32. The van der Waals surface area contributed by atoms with Gasteiger partial charge in [-0.05, 0) is 37.5 Å². The Hall–Kier alpha value is -1.57. The van der Waals surface area contributed by atoms with Gasteiger partial charge in [0.15, 0.2) is 0 Å². The Labute approximate surface area is 103 Å². The van der Waals surface area contributed by atoms with Crippen molar-refractivity contribution >= 4 is 0 Å². The van der Waals surface area contributed by atoms with E-state index in [9.17, 15) is 0 Å². The molecule has 2 heteroatoms. The molecule has 0 N–H and O–H groups in total. The zero-order chi connectivity index (χ0) is 12.4. The maximum Gasteiger partial charge on any atom is 0.0949 e. The third kappa shape index (κ3) is 2.26. The van der Waals surface area contributed by atoms with Crippen molar-refractivity contribution in [2.45, 2.75) is 40.2 Å². The molecular weight excluding hydrogens is 208 g/mol. The van der Waals surface area contributed by atoms with E-state index in [2.05, 4.69) is 61.6 Å². The minimum Gasteiger partial charge on any atom is -0.337 e. The highest BCUT2D eigenvalue weighted by molar-refractivity contribution is 5.38. The van der Waals surface area contributed by atoms with E-state index < -0.39 is 0 Å². The Morgan fingerprint density at radius 3 is 2.71 bits per heavy atom. The predicted molar refractivity (Wildman–Crippen MR) is 71.3 cm³/mol. The van der Waals surface area contributed by atoms with Crippen LogP contribution in [0.3, 0.4) is 0 Å². The van der Waals surface area contributed by atoms with E-state index >= 15 is 0 Å². The summed E-state index contributed by atoms with van der Waals surface area (Å²) in [5.41, 5.74) is 5.27. The SMILES string of the molecule is CCn1cnc([C@@H](C)c2cccc(C)c2C)c1. The maximum absolute atomic E-state index is 4.50. The van der Waals surface area contributed by atoms with Crippen molar-refractivity contribution in [1.82, 2.24) is 9.55 Å². The van der Waals surface area contributed by atoms with Crippen molar-refractivity contribution in [2.24, 2.45) is 0 Å². The molecule has 90 valence electrons. The van der Waals surface area contributed by atoms with Gasteiger partial charge in [-0.1, -0.05) is 25.1 Å². The van der Waals surface area contributed by atoms with Gasteiger partial charge in [-0.25, -0.2) is 4.98 Å². The number of rotatable bonds is 3. The normalized spacial score (nSPS) is 12.7. The zero-order valence-electron chi connectivity index (χ0n) is 11.1. The topological polar surface area (TPSA) is 17.8 Å². The summed E-state index contributed by atoms with van der Waals surface area (Å²) in [5, 5.41) is 0. The molecule has 0 spiro atoms. The lowest BCUT2D eigenvalue weighted by Crippen LogP contribution is -2.00. The van der Waals surface area contributed by atoms with Crippen molar-refractivity contribution in [1.29, 1.82) is 0 Å². The quantitative estimate of drug-likeness (QED) is 0.783. The standard InChI is InChI=1S/C15H20N2/c1-5-17-9-15(16-10-17)13(4)14-8-6-7-11(2)12(14)3/h6-10,13H,5H2,1-4H3/t13-/m0/s1. The number of nitrogens with zero attached hydrogens (tertiary/aromatic N) is 2. The largest absolute Gasteiger partial charge is 0.337 e. The van der Waals surface area contributed by atoms with Gasteiger partial charge in [0.25, 0.3) is 0 Å². The van der Waals surface area contributed by atoms with Crippen LogP contribution in [0.1, 0.15) is 42.1 Å². The van der Waals surface area contributed by atoms with Gasteiger partial charge < -0.3 is 4.57 Å². The van der Waals surface area contributed by atoms with Gasteiger partial charge >= 0.3 is 0 Å². The molecule has 0 aliphatic rings. The predicted octanol–water partition coefficient (Wildman–Crippen LogP) is 3.67. The lowest BCUT2D eigenvalue weighted by Gasteiger charge is -2.14. The summed E-state index contributed by atoms with van der Waals surface area (Å²) in [7, 11) is 0. The molecule has 0 saturated heterocycles. The first-order valence-corrected chi connectivity index (χ1v) is 6.21. The molecule has 2 nitrogen and oxygen atoms in total. The van der Waals surface area contributed by atoms with Gasteiger partial charge in [-0.15, -0.1) is 0 Å². The summed E-state index contributed by atoms with van der Waals surface area (Å²) in [6, 6.07) is 6.50. The van der Waals surface area contributed by atoms with Crippen LogP contribution in [0.5, 0.6) is 0 Å². The van der Waals surface area contributed by atoms with E-state index in [1.54, 1.807) is 0 Å². The van der Waals surface area contributed by atoms with Gasteiger partial charge in [0, 0.05) is 18.7 Å². The minimum atomic E-state index is 0.364. The summed E-state index contributed by atoms with van der Waals surface area (Å²) in [5.74, 6) is 0.364. The number of hydrogen-bond acceptors (Lipinski definition) is 1. The highest BCUT2D eigenvalue weighted by atomic mass is 15.0. The molecule has 0 fully saturated rings. The third-order valence-electron chi connectivity index (χ3n) is 3.58. The van der Waals surface area contributed by atoms with Gasteiger partial charge in [-0.3, -0.25) is 0 Å². The lowest BCUT2D eigenvalue weighted by atomic mass is 9.92. The van der Waals surface area contributed by atoms with Crippen LogP contribution in [0.25, 0.3) is 0 Å². The zero-order valence-corrected chi connectivity index (χ0v) is 11.1. The van der Waals surface area contributed by atoms with E-state index in [0.29, 0.717) is 5.92 Å². The molecule has 1 aromatic carbocycles. The highest BCUT2D eigenvalue weighted by Crippen LogP contribution is 2.26. The smallest absolute Gasteiger partial charge is 0.0949 e. The van der Waals surface area contributed by atoms with E-state index in [1.165, 1.54) is 16.7 Å². The van der Waals surface area contributed by atoms with E-state index in [4.69, 9.17) is 0 Å². The molecule has 1 aromatic heterocycles. The molecular formula is C15H20N2. The van der Waals surface area contributed by atoms with Gasteiger partial charge in [0.1, 0.15) is 0 Å². The summed E-state index contributed by atoms with van der Waals surface area (Å²) in [6.45, 7) is 9.69. The van der Waals surface area contributed by atoms with Crippen molar-refractivity contribution < 1.29 is 0 Å². The fourth-order valence-corrected chi connectivity index (χ4v) is 2.18. The Balaban J connectivity index is 2.36. The lowest BCUT2D eigenvalue weighted by molar-refractivity contribution is 0.759. The first-order valence-electron chi connectivity index (χ1n) is 6.21. The van der Waals surface area contributed by atoms with E-state index in [-0.39, 0.29) is 0 Å². The molecule has 17 heavy (non-hydrogen) atoms. The fraction of sp³-hybridized carbons (Fsp3) is 0.400. The summed E-state index contributed by atoms with van der Waals surface area (Å²) >= 11 is 0. The van der Waals surface area contributed by atoms with Crippen LogP contribution in [-0.4, -0.2) is 9.55 Å². The molecule has 1 heterocycles. The number of aryl methyl sites for hydroxylation is 2. The van der Waals surface area contributed by atoms with E-state index in [0.717, 1.165) is 12.2 Å². The average molecular weight is 228 g/mol. The second-order valence-corrected chi connectivity index (χ2v) is 4.64. The Morgan fingerprint density at radius 2 is 2.06 bits per heavy atom. The van der Waals surface area contributed by atoms with Gasteiger partial charge in [-0.2, -0.15) is 0 Å². The fourth-order valence-electron chi connectivity index (χ4n) is 2.18. The van der Waals surface area contributed by atoms with Crippen molar-refractivity contribution in [3.05, 3.63) is 53.1 Å². The Bertz CT molecular complexity index is 511. The third-order valence-corrected chi connectivity index (χ3v) is 3.58. The van der Waals surface area contributed by atoms with Crippen LogP contribution in [0.4, 0.5) is 0 Å². The molecule has 0 aliphatic carbocycles. The number of hydrogen-bond donors (Lipinski definition) is 0. The average Bonchev–Trinajstić information content (AvgIpc) is 2.80. The van der Waals surface area contributed by atoms with Gasteiger partial charge in [0.05, 0.1) is 12.0 Å². The summed E-state index contributed by atoms with van der Waals surface area (Å²) in [6.07, 6.45) is 4.06. The van der Waals surface area contributed by atoms with Crippen molar-refractivity contribution in [3.8, 4) is 0 Å². The summed E-state index contributed by atoms with van der Waals surface area (Å²) < 4.78 is 2.12. The maximum atomic E-state index is 4.50. The molecule has 0 aliphatic heterocycles. The molecule has 1 atom stereocenters. The molecule has 0 saturated carbocycles. The molecule has 2 aromatic rings. The first-order chi connectivity index (χ1) is 8.13. The monoisotopic (exact) mass is 228 g/mol. The number of aromatic nitrogens is 2. The van der Waals surface area contributed by atoms with Crippen LogP contribution in [-0.2, 0) is 6.54 Å². The molecule has 0 amide bonds. The second-order valence-electron chi connectivity index (χ2n) is 4.64.